The maximum absolute atomic E-state index is 12.1. The van der Waals surface area contributed by atoms with Crippen molar-refractivity contribution in [2.24, 2.45) is 5.73 Å². The van der Waals surface area contributed by atoms with E-state index in [9.17, 15) is 9.59 Å². The van der Waals surface area contributed by atoms with Gasteiger partial charge >= 0.3 is 0 Å². The smallest absolute Gasteiger partial charge is 0.280 e. The van der Waals surface area contributed by atoms with Crippen molar-refractivity contribution in [1.29, 1.82) is 0 Å². The Morgan fingerprint density at radius 3 is 2.61 bits per heavy atom. The lowest BCUT2D eigenvalue weighted by molar-refractivity contribution is -0.686. The van der Waals surface area contributed by atoms with Crippen LogP contribution in [0.2, 0.25) is 0 Å². The first-order valence-corrected chi connectivity index (χ1v) is 8.94. The Hall–Kier alpha value is -1.70. The van der Waals surface area contributed by atoms with Crippen LogP contribution in [0.5, 0.6) is 0 Å². The van der Waals surface area contributed by atoms with Gasteiger partial charge < -0.3 is 16.4 Å². The summed E-state index contributed by atoms with van der Waals surface area (Å²) in [6.45, 7) is 2.37. The second-order valence-electron chi connectivity index (χ2n) is 5.08. The zero-order chi connectivity index (χ0) is 16.8. The van der Waals surface area contributed by atoms with E-state index in [2.05, 4.69) is 40.3 Å². The number of carbonyl (C=O) groups is 2. The Kier molecular flexibility index (Phi) is 6.32. The first kappa shape index (κ1) is 17.7. The predicted octanol–water partition coefficient (Wildman–Crippen LogP) is 2.26. The van der Waals surface area contributed by atoms with E-state index >= 15 is 0 Å². The van der Waals surface area contributed by atoms with E-state index < -0.39 is 5.91 Å². The van der Waals surface area contributed by atoms with E-state index in [-0.39, 0.29) is 18.5 Å². The molecule has 0 unspecified atom stereocenters. The fourth-order valence-corrected chi connectivity index (χ4v) is 3.35. The number of amides is 2. The molecule has 0 fully saturated rings. The van der Waals surface area contributed by atoms with Gasteiger partial charge in [-0.1, -0.05) is 35.0 Å². The number of hydrogen-bond donors (Lipinski definition) is 3. The maximum Gasteiger partial charge on any atom is 0.280 e. The molecule has 1 aromatic carbocycles. The third-order valence-corrected chi connectivity index (χ3v) is 4.87. The van der Waals surface area contributed by atoms with Gasteiger partial charge in [0.15, 0.2) is 6.54 Å². The van der Waals surface area contributed by atoms with Gasteiger partial charge in [0, 0.05) is 16.5 Å². The Morgan fingerprint density at radius 2 is 2.00 bits per heavy atom. The molecule has 5 N–H and O–H groups in total. The van der Waals surface area contributed by atoms with Gasteiger partial charge in [-0.3, -0.25) is 9.59 Å². The second kappa shape index (κ2) is 8.24. The molecule has 0 radical (unpaired) electrons. The number of anilines is 1. The lowest BCUT2D eigenvalue weighted by Crippen LogP contribution is -2.87. The van der Waals surface area contributed by atoms with Crippen LogP contribution in [0.1, 0.15) is 35.3 Å². The Labute approximate surface area is 147 Å². The van der Waals surface area contributed by atoms with Gasteiger partial charge in [0.1, 0.15) is 11.0 Å². The molecular weight excluding hydrogens is 378 g/mol. The lowest BCUT2D eigenvalue weighted by atomic mass is 10.0. The van der Waals surface area contributed by atoms with E-state index in [1.54, 1.807) is 11.4 Å². The fraction of sp³-hybridized carbons (Fsp3) is 0.250. The minimum atomic E-state index is -0.535. The van der Waals surface area contributed by atoms with E-state index in [1.165, 1.54) is 16.9 Å². The quantitative estimate of drug-likeness (QED) is 0.669. The molecule has 0 bridgehead atoms. The van der Waals surface area contributed by atoms with Crippen molar-refractivity contribution in [3.8, 4) is 0 Å². The first-order chi connectivity index (χ1) is 11.0. The molecule has 0 saturated heterocycles. The fourth-order valence-electron chi connectivity index (χ4n) is 2.28. The molecule has 122 valence electrons. The average molecular weight is 397 g/mol. The number of rotatable bonds is 7. The summed E-state index contributed by atoms with van der Waals surface area (Å²) in [5.74, 6) is -0.683. The molecule has 0 saturated carbocycles. The number of benzene rings is 1. The third kappa shape index (κ3) is 4.89. The molecule has 5 nitrogen and oxygen atoms in total. The molecule has 0 aliphatic rings. The van der Waals surface area contributed by atoms with Crippen molar-refractivity contribution < 1.29 is 14.9 Å². The molecule has 2 aromatic rings. The predicted molar refractivity (Wildman–Crippen MR) is 95.4 cm³/mol. The number of primary amides is 1. The largest absolute Gasteiger partial charge is 0.366 e. The van der Waals surface area contributed by atoms with Crippen molar-refractivity contribution in [2.45, 2.75) is 19.4 Å². The summed E-state index contributed by atoms with van der Waals surface area (Å²) in [5, 5.41) is 6.99. The molecule has 0 aliphatic carbocycles. The van der Waals surface area contributed by atoms with Crippen LogP contribution in [0.25, 0.3) is 0 Å². The summed E-state index contributed by atoms with van der Waals surface area (Å²) in [7, 11) is 0. The van der Waals surface area contributed by atoms with Crippen LogP contribution in [0.4, 0.5) is 5.00 Å². The van der Waals surface area contributed by atoms with Gasteiger partial charge in [0.2, 0.25) is 0 Å². The number of hydrogen-bond acceptors (Lipinski definition) is 3. The highest BCUT2D eigenvalue weighted by molar-refractivity contribution is 9.10. The van der Waals surface area contributed by atoms with Crippen LogP contribution < -0.4 is 16.4 Å². The highest BCUT2D eigenvalue weighted by atomic mass is 79.9. The van der Waals surface area contributed by atoms with Crippen molar-refractivity contribution in [2.75, 3.05) is 11.9 Å². The molecule has 2 amide bonds. The maximum atomic E-state index is 12.1. The van der Waals surface area contributed by atoms with Crippen LogP contribution in [-0.4, -0.2) is 18.4 Å². The third-order valence-electron chi connectivity index (χ3n) is 3.51. The van der Waals surface area contributed by atoms with Gasteiger partial charge in [-0.05, 0) is 23.6 Å². The van der Waals surface area contributed by atoms with E-state index in [0.717, 1.165) is 10.9 Å². The molecule has 23 heavy (non-hydrogen) atoms. The molecule has 0 spiro atoms. The highest BCUT2D eigenvalue weighted by Crippen LogP contribution is 2.22. The SMILES string of the molecule is CC[C@@H]([NH2+]CC(=O)Nc1sccc1C(N)=O)c1ccc(Br)cc1. The number of quaternary nitrogens is 1. The van der Waals surface area contributed by atoms with Crippen LogP contribution in [0.3, 0.4) is 0 Å². The number of nitrogens with one attached hydrogen (secondary N) is 1. The molecular formula is C16H19BrN3O2S+. The number of thiophene rings is 1. The zero-order valence-electron chi connectivity index (χ0n) is 12.7. The summed E-state index contributed by atoms with van der Waals surface area (Å²) < 4.78 is 1.03. The average Bonchev–Trinajstić information content (AvgIpc) is 2.98. The summed E-state index contributed by atoms with van der Waals surface area (Å²) in [5.41, 5.74) is 6.80. The molecule has 7 heteroatoms. The topological polar surface area (TPSA) is 88.8 Å². The second-order valence-corrected chi connectivity index (χ2v) is 6.91. The molecule has 1 heterocycles. The van der Waals surface area contributed by atoms with Crippen molar-refractivity contribution in [3.05, 3.63) is 51.3 Å². The van der Waals surface area contributed by atoms with Crippen LogP contribution >= 0.6 is 27.3 Å². The van der Waals surface area contributed by atoms with E-state index in [0.29, 0.717) is 10.6 Å². The van der Waals surface area contributed by atoms with Gasteiger partial charge in [-0.15, -0.1) is 11.3 Å². The number of nitrogens with two attached hydrogens (primary N) is 2. The summed E-state index contributed by atoms with van der Waals surface area (Å²) in [4.78, 5) is 23.4. The van der Waals surface area contributed by atoms with Crippen LogP contribution in [0, 0.1) is 0 Å². The summed E-state index contributed by atoms with van der Waals surface area (Å²) in [6.07, 6.45) is 0.917. The van der Waals surface area contributed by atoms with Crippen molar-refractivity contribution >= 4 is 44.1 Å². The minimum Gasteiger partial charge on any atom is -0.366 e. The molecule has 2 rings (SSSR count). The standard InChI is InChI=1S/C16H18BrN3O2S/c1-2-13(10-3-5-11(17)6-4-10)19-9-14(21)20-16-12(15(18)22)7-8-23-16/h3-8,13,19H,2,9H2,1H3,(H2,18,22)(H,20,21)/p+1/t13-/m1/s1. The Bertz CT molecular complexity index is 685. The Morgan fingerprint density at radius 1 is 1.30 bits per heavy atom. The van der Waals surface area contributed by atoms with E-state index in [4.69, 9.17) is 5.73 Å². The zero-order valence-corrected chi connectivity index (χ0v) is 15.1. The molecule has 1 atom stereocenters. The van der Waals surface area contributed by atoms with Crippen LogP contribution in [0.15, 0.2) is 40.2 Å². The molecule has 0 aliphatic heterocycles. The van der Waals surface area contributed by atoms with Gasteiger partial charge in [-0.2, -0.15) is 0 Å². The minimum absolute atomic E-state index is 0.148. The van der Waals surface area contributed by atoms with Gasteiger partial charge in [-0.25, -0.2) is 0 Å². The van der Waals surface area contributed by atoms with Crippen LogP contribution in [-0.2, 0) is 4.79 Å². The van der Waals surface area contributed by atoms with Crippen molar-refractivity contribution in [3.63, 3.8) is 0 Å². The highest BCUT2D eigenvalue weighted by Gasteiger charge is 2.17. The summed E-state index contributed by atoms with van der Waals surface area (Å²) in [6, 6.07) is 9.93. The summed E-state index contributed by atoms with van der Waals surface area (Å²) >= 11 is 4.71. The molecule has 1 aromatic heterocycles. The van der Waals surface area contributed by atoms with Gasteiger partial charge in [0.05, 0.1) is 5.56 Å². The number of halogens is 1. The van der Waals surface area contributed by atoms with Crippen molar-refractivity contribution in [1.82, 2.24) is 0 Å². The van der Waals surface area contributed by atoms with E-state index in [1.807, 2.05) is 17.4 Å². The number of carbonyl (C=O) groups excluding carboxylic acids is 2. The van der Waals surface area contributed by atoms with Gasteiger partial charge in [0.25, 0.3) is 11.8 Å². The lowest BCUT2D eigenvalue weighted by Gasteiger charge is -2.14. The Balaban J connectivity index is 1.93. The normalized spacial score (nSPS) is 11.9. The monoisotopic (exact) mass is 396 g/mol. The first-order valence-electron chi connectivity index (χ1n) is 7.27.